The highest BCUT2D eigenvalue weighted by Crippen LogP contribution is 2.33. The number of H-pyrrole nitrogens is 1. The molecule has 10 heteroatoms. The molecule has 0 atom stereocenters. The van der Waals surface area contributed by atoms with E-state index in [2.05, 4.69) is 11.6 Å². The van der Waals surface area contributed by atoms with Crippen LogP contribution in [0.1, 0.15) is 40.5 Å². The predicted octanol–water partition coefficient (Wildman–Crippen LogP) is 6.39. The van der Waals surface area contributed by atoms with E-state index >= 15 is 0 Å². The third-order valence-electron chi connectivity index (χ3n) is 7.84. The number of piperidine rings is 1. The van der Waals surface area contributed by atoms with Crippen LogP contribution in [0.25, 0.3) is 21.9 Å². The van der Waals surface area contributed by atoms with Gasteiger partial charge in [-0.25, -0.2) is 4.79 Å². The van der Waals surface area contributed by atoms with Gasteiger partial charge in [-0.2, -0.15) is 13.2 Å². The number of carbonyl (C=O) groups is 1. The highest BCUT2D eigenvalue weighted by Gasteiger charge is 2.31. The van der Waals surface area contributed by atoms with E-state index in [-0.39, 0.29) is 30.8 Å². The van der Waals surface area contributed by atoms with Gasteiger partial charge >= 0.3 is 11.9 Å². The first-order valence-electron chi connectivity index (χ1n) is 13.7. The van der Waals surface area contributed by atoms with Crippen molar-refractivity contribution in [1.29, 1.82) is 0 Å². The van der Waals surface area contributed by atoms with E-state index in [1.54, 1.807) is 21.6 Å². The Morgan fingerprint density at radius 3 is 2.43 bits per heavy atom. The number of hydrogen-bond donors (Lipinski definition) is 1. The van der Waals surface area contributed by atoms with Crippen LogP contribution in [0.15, 0.2) is 90.2 Å². The number of para-hydroxylation sites is 2. The lowest BCUT2D eigenvalue weighted by atomic mass is 10.0. The van der Waals surface area contributed by atoms with Gasteiger partial charge in [-0.1, -0.05) is 43.0 Å². The van der Waals surface area contributed by atoms with E-state index in [1.165, 1.54) is 12.1 Å². The van der Waals surface area contributed by atoms with Crippen LogP contribution in [0.4, 0.5) is 13.2 Å². The first-order chi connectivity index (χ1) is 20.2. The largest absolute Gasteiger partial charge is 0.489 e. The number of alkyl halides is 3. The molecular formula is C32H29F3N4O3. The molecule has 1 fully saturated rings. The Morgan fingerprint density at radius 1 is 1.00 bits per heavy atom. The Balaban J connectivity index is 1.30. The van der Waals surface area contributed by atoms with E-state index in [4.69, 9.17) is 4.74 Å². The van der Waals surface area contributed by atoms with Crippen molar-refractivity contribution >= 4 is 27.8 Å². The van der Waals surface area contributed by atoms with Gasteiger partial charge in [-0.15, -0.1) is 0 Å². The molecule has 0 bridgehead atoms. The van der Waals surface area contributed by atoms with Crippen molar-refractivity contribution in [2.45, 2.75) is 31.6 Å². The molecule has 0 saturated carbocycles. The maximum atomic E-state index is 14.0. The lowest BCUT2D eigenvalue weighted by Crippen LogP contribution is -2.41. The van der Waals surface area contributed by atoms with Crippen LogP contribution in [0.5, 0.6) is 5.75 Å². The number of imidazole rings is 1. The Morgan fingerprint density at radius 2 is 1.71 bits per heavy atom. The highest BCUT2D eigenvalue weighted by atomic mass is 19.4. The molecule has 0 aliphatic carbocycles. The zero-order chi connectivity index (χ0) is 29.4. The minimum absolute atomic E-state index is 0.0467. The first kappa shape index (κ1) is 27.4. The van der Waals surface area contributed by atoms with Crippen molar-refractivity contribution in [2.75, 3.05) is 19.7 Å². The summed E-state index contributed by atoms with van der Waals surface area (Å²) in [7, 11) is 0. The Labute approximate surface area is 239 Å². The number of aromatic amines is 1. The number of nitrogens with zero attached hydrogens (tertiary/aromatic N) is 3. The molecule has 1 amide bonds. The summed E-state index contributed by atoms with van der Waals surface area (Å²) in [5, 5.41) is 0.731. The van der Waals surface area contributed by atoms with Crippen LogP contribution >= 0.6 is 0 Å². The van der Waals surface area contributed by atoms with Gasteiger partial charge in [0.2, 0.25) is 0 Å². The number of halogens is 3. The molecule has 1 saturated heterocycles. The quantitative estimate of drug-likeness (QED) is 0.229. The Bertz CT molecular complexity index is 1820. The van der Waals surface area contributed by atoms with Crippen molar-refractivity contribution in [1.82, 2.24) is 19.0 Å². The van der Waals surface area contributed by atoms with E-state index in [0.29, 0.717) is 42.9 Å². The fourth-order valence-corrected chi connectivity index (χ4v) is 5.79. The van der Waals surface area contributed by atoms with Crippen molar-refractivity contribution in [2.24, 2.45) is 0 Å². The first-order valence-corrected chi connectivity index (χ1v) is 13.7. The molecule has 216 valence electrons. The number of rotatable bonds is 7. The number of amides is 1. The average molecular weight is 575 g/mol. The second-order valence-electron chi connectivity index (χ2n) is 10.4. The molecule has 0 spiro atoms. The standard InChI is InChI=1S/C32H29F3N4O3/c1-2-18-42-29-9-5-8-26-24(29)19-28(38(26)20-21-10-12-22(13-11-21)32(33,34)35)30(40)37-16-14-23(15-17-37)39-27-7-4-3-6-25(27)36-31(39)41/h2-13,19,23H,1,14-18,20H2,(H,36,41). The SMILES string of the molecule is C=CCOc1cccc2c1cc(C(=O)N1CCC(n3c(=O)[nH]c4ccccc43)CC1)n2Cc1ccc(C(F)(F)F)cc1. The minimum atomic E-state index is -4.43. The number of nitrogens with one attached hydrogen (secondary N) is 1. The topological polar surface area (TPSA) is 72.3 Å². The number of carbonyl (C=O) groups excluding carboxylic acids is 1. The number of hydrogen-bond acceptors (Lipinski definition) is 3. The van der Waals surface area contributed by atoms with Crippen molar-refractivity contribution < 1.29 is 22.7 Å². The molecule has 42 heavy (non-hydrogen) atoms. The highest BCUT2D eigenvalue weighted by molar-refractivity contribution is 6.00. The van der Waals surface area contributed by atoms with Gasteiger partial charge in [0.05, 0.1) is 22.1 Å². The van der Waals surface area contributed by atoms with Gasteiger partial charge < -0.3 is 19.2 Å². The maximum Gasteiger partial charge on any atom is 0.416 e. The van der Waals surface area contributed by atoms with Gasteiger partial charge in [-0.3, -0.25) is 9.36 Å². The van der Waals surface area contributed by atoms with Crippen LogP contribution < -0.4 is 10.4 Å². The predicted molar refractivity (Wildman–Crippen MR) is 155 cm³/mol. The molecule has 3 aromatic carbocycles. The third kappa shape index (κ3) is 5.08. The molecule has 0 unspecified atom stereocenters. The summed E-state index contributed by atoms with van der Waals surface area (Å²) in [5.41, 5.74) is 2.52. The number of aromatic nitrogens is 3. The molecule has 1 N–H and O–H groups in total. The number of benzene rings is 3. The normalized spacial score (nSPS) is 14.5. The molecule has 0 radical (unpaired) electrons. The van der Waals surface area contributed by atoms with E-state index in [9.17, 15) is 22.8 Å². The van der Waals surface area contributed by atoms with Crippen LogP contribution in [0, 0.1) is 0 Å². The molecule has 2 aromatic heterocycles. The van der Waals surface area contributed by atoms with Crippen molar-refractivity contribution in [3.8, 4) is 5.75 Å². The monoisotopic (exact) mass is 574 g/mol. The van der Waals surface area contributed by atoms with E-state index in [0.717, 1.165) is 34.1 Å². The summed E-state index contributed by atoms with van der Waals surface area (Å²) in [6.07, 6.45) is -1.57. The molecule has 7 nitrogen and oxygen atoms in total. The van der Waals surface area contributed by atoms with Crippen molar-refractivity contribution in [3.63, 3.8) is 0 Å². The lowest BCUT2D eigenvalue weighted by molar-refractivity contribution is -0.137. The molecule has 5 aromatic rings. The summed E-state index contributed by atoms with van der Waals surface area (Å²) in [4.78, 5) is 31.4. The zero-order valence-corrected chi connectivity index (χ0v) is 22.7. The zero-order valence-electron chi connectivity index (χ0n) is 22.7. The van der Waals surface area contributed by atoms with Crippen LogP contribution in [0.3, 0.4) is 0 Å². The Kier molecular flexibility index (Phi) is 7.14. The van der Waals surface area contributed by atoms with Crippen molar-refractivity contribution in [3.05, 3.63) is 113 Å². The number of likely N-dealkylation sites (tertiary alicyclic amines) is 1. The average Bonchev–Trinajstić information content (AvgIpc) is 3.52. The minimum Gasteiger partial charge on any atom is -0.489 e. The van der Waals surface area contributed by atoms with Gasteiger partial charge in [0.15, 0.2) is 0 Å². The Hall–Kier alpha value is -4.73. The summed E-state index contributed by atoms with van der Waals surface area (Å²) in [6, 6.07) is 19.8. The second-order valence-corrected chi connectivity index (χ2v) is 10.4. The second kappa shape index (κ2) is 10.9. The summed E-state index contributed by atoms with van der Waals surface area (Å²) < 4.78 is 48.9. The summed E-state index contributed by atoms with van der Waals surface area (Å²) in [6.45, 7) is 5.10. The number of fused-ring (bicyclic) bond motifs is 2. The smallest absolute Gasteiger partial charge is 0.416 e. The number of ether oxygens (including phenoxy) is 1. The molecular weight excluding hydrogens is 545 g/mol. The van der Waals surface area contributed by atoms with Gasteiger partial charge in [-0.05, 0) is 60.9 Å². The summed E-state index contributed by atoms with van der Waals surface area (Å²) in [5.74, 6) is 0.405. The maximum absolute atomic E-state index is 14.0. The molecule has 1 aliphatic heterocycles. The van der Waals surface area contributed by atoms with E-state index < -0.39 is 11.7 Å². The molecule has 6 rings (SSSR count). The summed E-state index contributed by atoms with van der Waals surface area (Å²) >= 11 is 0. The molecule has 3 heterocycles. The third-order valence-corrected chi connectivity index (χ3v) is 7.84. The molecule has 1 aliphatic rings. The van der Waals surface area contributed by atoms with Gasteiger partial charge in [0, 0.05) is 31.1 Å². The fraction of sp³-hybridized carbons (Fsp3) is 0.250. The van der Waals surface area contributed by atoms with Crippen LogP contribution in [-0.2, 0) is 12.7 Å². The van der Waals surface area contributed by atoms with Crippen LogP contribution in [0.2, 0.25) is 0 Å². The van der Waals surface area contributed by atoms with Crippen LogP contribution in [-0.4, -0.2) is 44.6 Å². The van der Waals surface area contributed by atoms with E-state index in [1.807, 2.05) is 47.0 Å². The van der Waals surface area contributed by atoms with Gasteiger partial charge in [0.25, 0.3) is 5.91 Å². The van der Waals surface area contributed by atoms with Gasteiger partial charge in [0.1, 0.15) is 18.1 Å². The lowest BCUT2D eigenvalue weighted by Gasteiger charge is -2.32. The fourth-order valence-electron chi connectivity index (χ4n) is 5.79.